The van der Waals surface area contributed by atoms with Crippen molar-refractivity contribution in [1.82, 2.24) is 5.32 Å². The number of hydrogen-bond donors (Lipinski definition) is 1. The highest BCUT2D eigenvalue weighted by Gasteiger charge is 2.15. The number of methoxy groups -OCH3 is 1. The summed E-state index contributed by atoms with van der Waals surface area (Å²) in [7, 11) is 1.69. The molecule has 0 aliphatic rings. The van der Waals surface area contributed by atoms with E-state index in [0.717, 1.165) is 17.6 Å². The van der Waals surface area contributed by atoms with Gasteiger partial charge in [-0.3, -0.25) is 0 Å². The molecule has 1 aromatic rings. The normalized spacial score (nSPS) is 14.4. The fourth-order valence-electron chi connectivity index (χ4n) is 1.75. The van der Waals surface area contributed by atoms with Crippen LogP contribution in [0.3, 0.4) is 0 Å². The third-order valence-electron chi connectivity index (χ3n) is 2.62. The number of rotatable bonds is 8. The summed E-state index contributed by atoms with van der Waals surface area (Å²) in [6, 6.07) is 8.26. The van der Waals surface area contributed by atoms with E-state index in [9.17, 15) is 0 Å². The molecule has 0 aliphatic carbocycles. The van der Waals surface area contributed by atoms with Crippen molar-refractivity contribution in [3.63, 3.8) is 0 Å². The van der Waals surface area contributed by atoms with Crippen LogP contribution in [0.15, 0.2) is 28.7 Å². The van der Waals surface area contributed by atoms with Gasteiger partial charge in [0.05, 0.1) is 18.8 Å². The second-order valence-electron chi connectivity index (χ2n) is 4.25. The van der Waals surface area contributed by atoms with Crippen molar-refractivity contribution in [2.75, 3.05) is 26.8 Å². The molecule has 1 aromatic carbocycles. The van der Waals surface area contributed by atoms with E-state index in [2.05, 4.69) is 40.3 Å². The van der Waals surface area contributed by atoms with Crippen LogP contribution in [0.4, 0.5) is 0 Å². The Morgan fingerprint density at radius 1 is 1.28 bits per heavy atom. The molecule has 102 valence electrons. The maximum atomic E-state index is 6.02. The zero-order valence-corrected chi connectivity index (χ0v) is 12.9. The molecule has 2 unspecified atom stereocenters. The first-order chi connectivity index (χ1) is 8.67. The van der Waals surface area contributed by atoms with Gasteiger partial charge in [0.2, 0.25) is 0 Å². The number of nitrogens with one attached hydrogen (secondary N) is 1. The zero-order chi connectivity index (χ0) is 13.4. The van der Waals surface area contributed by atoms with E-state index < -0.39 is 0 Å². The Bertz CT molecular complexity index is 329. The molecule has 0 radical (unpaired) electrons. The summed E-state index contributed by atoms with van der Waals surface area (Å²) in [5.74, 6) is 0. The maximum Gasteiger partial charge on any atom is 0.0954 e. The third kappa shape index (κ3) is 5.48. The lowest BCUT2D eigenvalue weighted by Crippen LogP contribution is -2.27. The predicted molar refractivity (Wildman–Crippen MR) is 77.8 cm³/mol. The third-order valence-corrected chi connectivity index (χ3v) is 3.15. The lowest BCUT2D eigenvalue weighted by atomic mass is 10.1. The summed E-state index contributed by atoms with van der Waals surface area (Å²) >= 11 is 3.45. The molecule has 2 atom stereocenters. The van der Waals surface area contributed by atoms with Crippen molar-refractivity contribution in [3.05, 3.63) is 34.3 Å². The molecule has 0 heterocycles. The van der Waals surface area contributed by atoms with E-state index in [-0.39, 0.29) is 12.2 Å². The van der Waals surface area contributed by atoms with Crippen LogP contribution in [0.25, 0.3) is 0 Å². The molecule has 0 saturated heterocycles. The van der Waals surface area contributed by atoms with Crippen LogP contribution in [0, 0.1) is 0 Å². The van der Waals surface area contributed by atoms with Gasteiger partial charge >= 0.3 is 0 Å². The first-order valence-corrected chi connectivity index (χ1v) is 7.07. The standard InChI is InChI=1S/C14H22BrNO2/c1-4-16-9-14(18-11(2)10-17-3)12-5-7-13(15)8-6-12/h5-8,11,14,16H,4,9-10H2,1-3H3. The number of halogens is 1. The van der Waals surface area contributed by atoms with Gasteiger partial charge in [0.25, 0.3) is 0 Å². The van der Waals surface area contributed by atoms with Gasteiger partial charge in [0.1, 0.15) is 0 Å². The van der Waals surface area contributed by atoms with Crippen molar-refractivity contribution >= 4 is 15.9 Å². The minimum Gasteiger partial charge on any atom is -0.382 e. The summed E-state index contributed by atoms with van der Waals surface area (Å²) in [5.41, 5.74) is 1.18. The van der Waals surface area contributed by atoms with Crippen LogP contribution in [-0.2, 0) is 9.47 Å². The monoisotopic (exact) mass is 315 g/mol. The van der Waals surface area contributed by atoms with Gasteiger partial charge in [-0.05, 0) is 31.2 Å². The number of likely N-dealkylation sites (N-methyl/N-ethyl adjacent to an activating group) is 1. The minimum atomic E-state index is 0.0585. The average Bonchev–Trinajstić information content (AvgIpc) is 2.36. The molecule has 1 rings (SSSR count). The topological polar surface area (TPSA) is 30.5 Å². The summed E-state index contributed by atoms with van der Waals surface area (Å²) < 4.78 is 12.2. The Morgan fingerprint density at radius 3 is 2.50 bits per heavy atom. The van der Waals surface area contributed by atoms with E-state index in [4.69, 9.17) is 9.47 Å². The summed E-state index contributed by atoms with van der Waals surface area (Å²) in [4.78, 5) is 0. The highest BCUT2D eigenvalue weighted by atomic mass is 79.9. The van der Waals surface area contributed by atoms with Crippen LogP contribution in [0.5, 0.6) is 0 Å². The Labute approximate surface area is 118 Å². The van der Waals surface area contributed by atoms with Crippen LogP contribution in [0.1, 0.15) is 25.5 Å². The molecule has 0 aromatic heterocycles. The molecule has 0 spiro atoms. The van der Waals surface area contributed by atoms with Gasteiger partial charge < -0.3 is 14.8 Å². The molecule has 18 heavy (non-hydrogen) atoms. The SMILES string of the molecule is CCNCC(OC(C)COC)c1ccc(Br)cc1. The van der Waals surface area contributed by atoms with Crippen molar-refractivity contribution < 1.29 is 9.47 Å². The highest BCUT2D eigenvalue weighted by molar-refractivity contribution is 9.10. The average molecular weight is 316 g/mol. The first kappa shape index (κ1) is 15.6. The number of benzene rings is 1. The smallest absolute Gasteiger partial charge is 0.0954 e. The van der Waals surface area contributed by atoms with E-state index in [1.165, 1.54) is 5.56 Å². The quantitative estimate of drug-likeness (QED) is 0.799. The fraction of sp³-hybridized carbons (Fsp3) is 0.571. The van der Waals surface area contributed by atoms with Crippen molar-refractivity contribution in [2.45, 2.75) is 26.1 Å². The highest BCUT2D eigenvalue weighted by Crippen LogP contribution is 2.21. The minimum absolute atomic E-state index is 0.0585. The molecule has 1 N–H and O–H groups in total. The molecule has 4 heteroatoms. The lowest BCUT2D eigenvalue weighted by Gasteiger charge is -2.23. The molecule has 0 saturated carbocycles. The maximum absolute atomic E-state index is 6.02. The second-order valence-corrected chi connectivity index (χ2v) is 5.17. The van der Waals surface area contributed by atoms with Crippen LogP contribution < -0.4 is 5.32 Å². The van der Waals surface area contributed by atoms with Crippen molar-refractivity contribution in [1.29, 1.82) is 0 Å². The van der Waals surface area contributed by atoms with Gasteiger partial charge in [-0.25, -0.2) is 0 Å². The van der Waals surface area contributed by atoms with E-state index in [0.29, 0.717) is 6.61 Å². The summed E-state index contributed by atoms with van der Waals surface area (Å²) in [6.45, 7) is 6.49. The van der Waals surface area contributed by atoms with Crippen LogP contribution in [-0.4, -0.2) is 32.9 Å². The second kappa shape index (κ2) is 8.64. The van der Waals surface area contributed by atoms with Gasteiger partial charge in [-0.1, -0.05) is 35.0 Å². The van der Waals surface area contributed by atoms with Gasteiger partial charge in [0, 0.05) is 18.1 Å². The molecular formula is C14H22BrNO2. The van der Waals surface area contributed by atoms with Crippen molar-refractivity contribution in [2.24, 2.45) is 0 Å². The number of ether oxygens (including phenoxy) is 2. The van der Waals surface area contributed by atoms with Crippen LogP contribution in [0.2, 0.25) is 0 Å². The molecule has 0 bridgehead atoms. The molecular weight excluding hydrogens is 294 g/mol. The lowest BCUT2D eigenvalue weighted by molar-refractivity contribution is -0.0391. The Morgan fingerprint density at radius 2 is 1.94 bits per heavy atom. The Kier molecular flexibility index (Phi) is 7.51. The summed E-state index contributed by atoms with van der Waals surface area (Å²) in [6.07, 6.45) is 0.144. The zero-order valence-electron chi connectivity index (χ0n) is 11.3. The first-order valence-electron chi connectivity index (χ1n) is 6.28. The van der Waals surface area contributed by atoms with Crippen LogP contribution >= 0.6 is 15.9 Å². The predicted octanol–water partition coefficient (Wildman–Crippen LogP) is 3.15. The Hall–Kier alpha value is -0.420. The van der Waals surface area contributed by atoms with E-state index in [1.54, 1.807) is 7.11 Å². The number of hydrogen-bond acceptors (Lipinski definition) is 3. The van der Waals surface area contributed by atoms with Gasteiger partial charge in [0.15, 0.2) is 0 Å². The summed E-state index contributed by atoms with van der Waals surface area (Å²) in [5, 5.41) is 3.33. The molecule has 0 fully saturated rings. The van der Waals surface area contributed by atoms with Crippen molar-refractivity contribution in [3.8, 4) is 0 Å². The van der Waals surface area contributed by atoms with Gasteiger partial charge in [-0.15, -0.1) is 0 Å². The van der Waals surface area contributed by atoms with E-state index >= 15 is 0 Å². The Balaban J connectivity index is 2.67. The fourth-order valence-corrected chi connectivity index (χ4v) is 2.02. The molecule has 0 aliphatic heterocycles. The van der Waals surface area contributed by atoms with E-state index in [1.807, 2.05) is 19.1 Å². The van der Waals surface area contributed by atoms with Gasteiger partial charge in [-0.2, -0.15) is 0 Å². The molecule has 0 amide bonds. The molecule has 3 nitrogen and oxygen atoms in total. The largest absolute Gasteiger partial charge is 0.382 e.